The van der Waals surface area contributed by atoms with Gasteiger partial charge in [-0.05, 0) is 78.1 Å². The molecule has 0 unspecified atom stereocenters. The zero-order valence-corrected chi connectivity index (χ0v) is 13.4. The molecule has 2 aliphatic carbocycles. The zero-order chi connectivity index (χ0) is 14.1. The minimum atomic E-state index is 0.112. The first-order valence-electron chi connectivity index (χ1n) is 7.43. The second kappa shape index (κ2) is 5.76. The Balaban J connectivity index is 1.51. The molecule has 0 heterocycles. The molecule has 0 saturated heterocycles. The summed E-state index contributed by atoms with van der Waals surface area (Å²) in [6, 6.07) is 6.54. The summed E-state index contributed by atoms with van der Waals surface area (Å²) >= 11 is 3.52. The molecule has 0 atom stereocenters. The molecule has 108 valence electrons. The Labute approximate surface area is 128 Å². The van der Waals surface area contributed by atoms with Crippen LogP contribution in [0.3, 0.4) is 0 Å². The van der Waals surface area contributed by atoms with Crippen LogP contribution < -0.4 is 10.6 Å². The number of amides is 1. The van der Waals surface area contributed by atoms with Crippen molar-refractivity contribution in [1.82, 2.24) is 5.32 Å². The van der Waals surface area contributed by atoms with E-state index in [9.17, 15) is 4.79 Å². The van der Waals surface area contributed by atoms with Gasteiger partial charge in [0, 0.05) is 16.2 Å². The largest absolute Gasteiger partial charge is 0.375 e. The molecule has 3 rings (SSSR count). The van der Waals surface area contributed by atoms with Crippen LogP contribution in [-0.4, -0.2) is 18.5 Å². The van der Waals surface area contributed by atoms with Crippen molar-refractivity contribution >= 4 is 27.5 Å². The summed E-state index contributed by atoms with van der Waals surface area (Å²) in [7, 11) is 0. The van der Waals surface area contributed by atoms with Gasteiger partial charge < -0.3 is 10.6 Å². The molecule has 0 spiro atoms. The van der Waals surface area contributed by atoms with Gasteiger partial charge in [0.25, 0.3) is 0 Å². The van der Waals surface area contributed by atoms with Crippen molar-refractivity contribution < 1.29 is 4.79 Å². The number of carbonyl (C=O) groups is 1. The first-order valence-corrected chi connectivity index (χ1v) is 8.22. The van der Waals surface area contributed by atoms with Gasteiger partial charge in [-0.15, -0.1) is 0 Å². The van der Waals surface area contributed by atoms with Crippen molar-refractivity contribution in [3.05, 3.63) is 28.2 Å². The van der Waals surface area contributed by atoms with E-state index in [0.717, 1.165) is 22.0 Å². The molecule has 0 radical (unpaired) electrons. The van der Waals surface area contributed by atoms with Crippen LogP contribution in [0, 0.1) is 18.8 Å². The van der Waals surface area contributed by atoms with Crippen LogP contribution in [0.25, 0.3) is 0 Å². The summed E-state index contributed by atoms with van der Waals surface area (Å²) < 4.78 is 1.01. The molecule has 2 fully saturated rings. The van der Waals surface area contributed by atoms with E-state index in [1.165, 1.54) is 31.2 Å². The van der Waals surface area contributed by atoms with Crippen molar-refractivity contribution in [3.63, 3.8) is 0 Å². The predicted molar refractivity (Wildman–Crippen MR) is 84.7 cm³/mol. The number of hydrogen-bond acceptors (Lipinski definition) is 2. The van der Waals surface area contributed by atoms with Crippen molar-refractivity contribution in [1.29, 1.82) is 0 Å². The Hall–Kier alpha value is -1.03. The highest BCUT2D eigenvalue weighted by atomic mass is 79.9. The Morgan fingerprint density at radius 3 is 2.50 bits per heavy atom. The van der Waals surface area contributed by atoms with Gasteiger partial charge in [0.15, 0.2) is 0 Å². The van der Waals surface area contributed by atoms with Crippen molar-refractivity contribution in [3.8, 4) is 0 Å². The molecule has 2 N–H and O–H groups in total. The van der Waals surface area contributed by atoms with Gasteiger partial charge in [0.1, 0.15) is 0 Å². The van der Waals surface area contributed by atoms with E-state index < -0.39 is 0 Å². The number of carbonyl (C=O) groups excluding carboxylic acids is 1. The topological polar surface area (TPSA) is 41.1 Å². The normalized spacial score (nSPS) is 18.1. The molecule has 4 heteroatoms. The van der Waals surface area contributed by atoms with Crippen molar-refractivity contribution in [2.75, 3.05) is 11.9 Å². The first-order chi connectivity index (χ1) is 9.63. The number of nitrogens with one attached hydrogen (secondary N) is 2. The predicted octanol–water partition coefficient (Wildman–Crippen LogP) is 3.47. The molecule has 0 aliphatic heterocycles. The number of aryl methyl sites for hydroxylation is 1. The van der Waals surface area contributed by atoms with Crippen LogP contribution in [0.1, 0.15) is 31.2 Å². The average molecular weight is 337 g/mol. The maximum atomic E-state index is 12.1. The molecule has 1 amide bonds. The van der Waals surface area contributed by atoms with Crippen LogP contribution in [0.2, 0.25) is 0 Å². The van der Waals surface area contributed by atoms with Gasteiger partial charge in [-0.25, -0.2) is 0 Å². The number of halogens is 1. The third-order valence-electron chi connectivity index (χ3n) is 4.15. The average Bonchev–Trinajstić information content (AvgIpc) is 3.28. The lowest BCUT2D eigenvalue weighted by atomic mass is 10.1. The fourth-order valence-corrected chi connectivity index (χ4v) is 3.34. The van der Waals surface area contributed by atoms with Gasteiger partial charge in [-0.2, -0.15) is 0 Å². The standard InChI is InChI=1S/C16H21BrN2O/c1-10-2-7-14(13(17)8-10)18-9-15(20)19-16(11-3-4-11)12-5-6-12/h2,7-8,11-12,16,18H,3-6,9H2,1H3,(H,19,20). The fourth-order valence-electron chi connectivity index (χ4n) is 2.71. The molecule has 2 saturated carbocycles. The highest BCUT2D eigenvalue weighted by Crippen LogP contribution is 2.44. The van der Waals surface area contributed by atoms with Gasteiger partial charge in [-0.1, -0.05) is 6.07 Å². The number of hydrogen-bond donors (Lipinski definition) is 2. The Morgan fingerprint density at radius 2 is 1.95 bits per heavy atom. The van der Waals surface area contributed by atoms with E-state index >= 15 is 0 Å². The molecule has 2 aliphatic rings. The summed E-state index contributed by atoms with van der Waals surface area (Å²) in [4.78, 5) is 12.1. The Bertz CT molecular complexity index is 497. The fraction of sp³-hybridized carbons (Fsp3) is 0.562. The number of anilines is 1. The zero-order valence-electron chi connectivity index (χ0n) is 11.8. The lowest BCUT2D eigenvalue weighted by Crippen LogP contribution is -2.41. The van der Waals surface area contributed by atoms with E-state index in [1.807, 2.05) is 12.1 Å². The van der Waals surface area contributed by atoms with Crippen molar-refractivity contribution in [2.24, 2.45) is 11.8 Å². The summed E-state index contributed by atoms with van der Waals surface area (Å²) in [5.41, 5.74) is 2.18. The Morgan fingerprint density at radius 1 is 1.30 bits per heavy atom. The third-order valence-corrected chi connectivity index (χ3v) is 4.81. The van der Waals surface area contributed by atoms with E-state index in [-0.39, 0.29) is 5.91 Å². The van der Waals surface area contributed by atoms with Crippen LogP contribution in [0.4, 0.5) is 5.69 Å². The molecular formula is C16H21BrN2O. The van der Waals surface area contributed by atoms with Gasteiger partial charge in [0.05, 0.1) is 6.54 Å². The smallest absolute Gasteiger partial charge is 0.239 e. The lowest BCUT2D eigenvalue weighted by Gasteiger charge is -2.18. The molecule has 1 aromatic carbocycles. The maximum absolute atomic E-state index is 12.1. The molecular weight excluding hydrogens is 316 g/mol. The third kappa shape index (κ3) is 3.54. The molecule has 0 aromatic heterocycles. The SMILES string of the molecule is Cc1ccc(NCC(=O)NC(C2CC2)C2CC2)c(Br)c1. The van der Waals surface area contributed by atoms with Gasteiger partial charge in [0.2, 0.25) is 5.91 Å². The highest BCUT2D eigenvalue weighted by molar-refractivity contribution is 9.10. The number of rotatable bonds is 6. The molecule has 1 aromatic rings. The monoisotopic (exact) mass is 336 g/mol. The minimum absolute atomic E-state index is 0.112. The molecule has 3 nitrogen and oxygen atoms in total. The van der Waals surface area contributed by atoms with E-state index in [0.29, 0.717) is 12.6 Å². The summed E-state index contributed by atoms with van der Waals surface area (Å²) in [6.45, 7) is 2.40. The van der Waals surface area contributed by atoms with E-state index in [2.05, 4.69) is 39.6 Å². The second-order valence-corrected chi connectivity index (χ2v) is 6.96. The molecule has 20 heavy (non-hydrogen) atoms. The quantitative estimate of drug-likeness (QED) is 0.835. The van der Waals surface area contributed by atoms with Crippen LogP contribution in [-0.2, 0) is 4.79 Å². The van der Waals surface area contributed by atoms with Crippen molar-refractivity contribution in [2.45, 2.75) is 38.6 Å². The molecule has 0 bridgehead atoms. The summed E-state index contributed by atoms with van der Waals surface area (Å²) in [6.07, 6.45) is 5.16. The van der Waals surface area contributed by atoms with E-state index in [4.69, 9.17) is 0 Å². The van der Waals surface area contributed by atoms with E-state index in [1.54, 1.807) is 0 Å². The minimum Gasteiger partial charge on any atom is -0.375 e. The maximum Gasteiger partial charge on any atom is 0.239 e. The highest BCUT2D eigenvalue weighted by Gasteiger charge is 2.42. The number of benzene rings is 1. The van der Waals surface area contributed by atoms with Crippen LogP contribution in [0.5, 0.6) is 0 Å². The van der Waals surface area contributed by atoms with Gasteiger partial charge in [-0.3, -0.25) is 4.79 Å². The Kier molecular flexibility index (Phi) is 4.01. The summed E-state index contributed by atoms with van der Waals surface area (Å²) in [5.74, 6) is 1.61. The lowest BCUT2D eigenvalue weighted by molar-refractivity contribution is -0.120. The first kappa shape index (κ1) is 13.9. The second-order valence-electron chi connectivity index (χ2n) is 6.11. The van der Waals surface area contributed by atoms with Crippen LogP contribution >= 0.6 is 15.9 Å². The summed E-state index contributed by atoms with van der Waals surface area (Å²) in [5, 5.41) is 6.43. The van der Waals surface area contributed by atoms with Gasteiger partial charge >= 0.3 is 0 Å². The van der Waals surface area contributed by atoms with Crippen LogP contribution in [0.15, 0.2) is 22.7 Å².